The summed E-state index contributed by atoms with van der Waals surface area (Å²) >= 11 is 0. The van der Waals surface area contributed by atoms with Gasteiger partial charge in [0.25, 0.3) is 0 Å². The molecule has 0 amide bonds. The van der Waals surface area contributed by atoms with Crippen LogP contribution in [-0.4, -0.2) is 29.1 Å². The van der Waals surface area contributed by atoms with Crippen LogP contribution in [0.15, 0.2) is 12.4 Å². The van der Waals surface area contributed by atoms with Crippen LogP contribution in [0.4, 0.5) is 0 Å². The largest absolute Gasteiger partial charge is 0.356 e. The first-order valence-electron chi connectivity index (χ1n) is 22.0. The first-order chi connectivity index (χ1) is 22.8. The van der Waals surface area contributed by atoms with Crippen LogP contribution in [0.2, 0.25) is 0 Å². The van der Waals surface area contributed by atoms with Crippen molar-refractivity contribution in [1.82, 2.24) is 9.80 Å². The Hall–Kier alpha value is -0.660. The van der Waals surface area contributed by atoms with E-state index < -0.39 is 0 Å². The number of nitrogens with zero attached hydrogens (tertiary/aromatic N) is 2. The summed E-state index contributed by atoms with van der Waals surface area (Å²) in [5, 5.41) is 0. The summed E-state index contributed by atoms with van der Waals surface area (Å²) in [5.74, 6) is 0. The first kappa shape index (κ1) is 43.4. The summed E-state index contributed by atoms with van der Waals surface area (Å²) in [6, 6.07) is 0. The Morgan fingerprint density at radius 2 is 0.500 bits per heavy atom. The fourth-order valence-corrected chi connectivity index (χ4v) is 7.60. The lowest BCUT2D eigenvalue weighted by molar-refractivity contribution is 0.135. The summed E-state index contributed by atoms with van der Waals surface area (Å²) < 4.78 is 0. The molecule has 46 heavy (non-hydrogen) atoms. The highest BCUT2D eigenvalue weighted by Gasteiger charge is 2.24. The van der Waals surface area contributed by atoms with Gasteiger partial charge in [-0.1, -0.05) is 226 Å². The molecule has 1 heterocycles. The molecule has 0 unspecified atom stereocenters. The van der Waals surface area contributed by atoms with Crippen molar-refractivity contribution in [2.24, 2.45) is 0 Å². The standard InChI is InChI=1S/C44H88N2/c1-4-7-10-13-16-19-22-23-24-27-30-33-36-39-44-45(40-37-34-31-28-25-20-17-14-11-8-5-2)42-43-46(44)41-38-35-32-29-26-21-18-15-12-9-6-3/h42-44H,4-41H2,1-3H3. The van der Waals surface area contributed by atoms with E-state index >= 15 is 0 Å². The van der Waals surface area contributed by atoms with Gasteiger partial charge in [-0.25, -0.2) is 0 Å². The van der Waals surface area contributed by atoms with Crippen molar-refractivity contribution in [3.05, 3.63) is 12.4 Å². The topological polar surface area (TPSA) is 6.48 Å². The van der Waals surface area contributed by atoms with Crippen LogP contribution in [0.1, 0.15) is 252 Å². The van der Waals surface area contributed by atoms with Crippen LogP contribution in [0.5, 0.6) is 0 Å². The van der Waals surface area contributed by atoms with Gasteiger partial charge in [0.05, 0.1) is 0 Å². The van der Waals surface area contributed by atoms with Gasteiger partial charge in [-0.05, 0) is 25.7 Å². The molecule has 0 aromatic rings. The molecule has 1 aliphatic rings. The average molecular weight is 645 g/mol. The molecule has 0 aromatic carbocycles. The molecular weight excluding hydrogens is 556 g/mol. The minimum Gasteiger partial charge on any atom is -0.356 e. The summed E-state index contributed by atoms with van der Waals surface area (Å²) in [6.07, 6.45) is 57.4. The van der Waals surface area contributed by atoms with E-state index in [-0.39, 0.29) is 0 Å². The van der Waals surface area contributed by atoms with Gasteiger partial charge in [0.1, 0.15) is 6.17 Å². The third-order valence-electron chi connectivity index (χ3n) is 10.8. The molecule has 0 radical (unpaired) electrons. The van der Waals surface area contributed by atoms with E-state index in [1.54, 1.807) is 0 Å². The van der Waals surface area contributed by atoms with Crippen molar-refractivity contribution in [1.29, 1.82) is 0 Å². The van der Waals surface area contributed by atoms with E-state index in [2.05, 4.69) is 43.0 Å². The highest BCUT2D eigenvalue weighted by atomic mass is 15.4. The minimum atomic E-state index is 0.638. The second-order valence-electron chi connectivity index (χ2n) is 15.4. The number of unbranched alkanes of at least 4 members (excludes halogenated alkanes) is 32. The van der Waals surface area contributed by atoms with Gasteiger partial charge in [0, 0.05) is 25.5 Å². The van der Waals surface area contributed by atoms with Crippen molar-refractivity contribution in [2.75, 3.05) is 13.1 Å². The number of rotatable bonds is 38. The highest BCUT2D eigenvalue weighted by molar-refractivity contribution is 4.97. The summed E-state index contributed by atoms with van der Waals surface area (Å²) in [6.45, 7) is 9.49. The quantitative estimate of drug-likeness (QED) is 0.0617. The monoisotopic (exact) mass is 645 g/mol. The Morgan fingerprint density at radius 1 is 0.283 bits per heavy atom. The smallest absolute Gasteiger partial charge is 0.101 e. The second kappa shape index (κ2) is 35.6. The molecule has 0 fully saturated rings. The summed E-state index contributed by atoms with van der Waals surface area (Å²) in [4.78, 5) is 5.46. The summed E-state index contributed by atoms with van der Waals surface area (Å²) in [7, 11) is 0. The number of hydrogen-bond acceptors (Lipinski definition) is 2. The fraction of sp³-hybridized carbons (Fsp3) is 0.955. The maximum absolute atomic E-state index is 2.73. The molecule has 1 aliphatic heterocycles. The van der Waals surface area contributed by atoms with Gasteiger partial charge in [0.2, 0.25) is 0 Å². The Balaban J connectivity index is 2.22. The molecule has 0 N–H and O–H groups in total. The molecule has 274 valence electrons. The predicted octanol–water partition coefficient (Wildman–Crippen LogP) is 15.5. The lowest BCUT2D eigenvalue weighted by Gasteiger charge is -2.33. The number of hydrogen-bond donors (Lipinski definition) is 0. The molecule has 0 atom stereocenters. The van der Waals surface area contributed by atoms with Crippen molar-refractivity contribution < 1.29 is 0 Å². The molecule has 0 saturated carbocycles. The maximum atomic E-state index is 2.73. The molecule has 0 saturated heterocycles. The van der Waals surface area contributed by atoms with Crippen LogP contribution in [0.25, 0.3) is 0 Å². The molecule has 0 bridgehead atoms. The fourth-order valence-electron chi connectivity index (χ4n) is 7.60. The Morgan fingerprint density at radius 3 is 0.761 bits per heavy atom. The van der Waals surface area contributed by atoms with Crippen molar-refractivity contribution in [2.45, 2.75) is 258 Å². The lowest BCUT2D eigenvalue weighted by atomic mass is 10.0. The third kappa shape index (κ3) is 27.3. The van der Waals surface area contributed by atoms with Crippen LogP contribution < -0.4 is 0 Å². The molecule has 0 spiro atoms. The second-order valence-corrected chi connectivity index (χ2v) is 15.4. The average Bonchev–Trinajstić information content (AvgIpc) is 3.45. The minimum absolute atomic E-state index is 0.638. The van der Waals surface area contributed by atoms with E-state index in [4.69, 9.17) is 0 Å². The van der Waals surface area contributed by atoms with Crippen LogP contribution in [0, 0.1) is 0 Å². The van der Waals surface area contributed by atoms with E-state index in [9.17, 15) is 0 Å². The van der Waals surface area contributed by atoms with E-state index in [1.807, 2.05) is 0 Å². The lowest BCUT2D eigenvalue weighted by Crippen LogP contribution is -2.39. The molecule has 1 rings (SSSR count). The summed E-state index contributed by atoms with van der Waals surface area (Å²) in [5.41, 5.74) is 0. The zero-order valence-corrected chi connectivity index (χ0v) is 32.5. The highest BCUT2D eigenvalue weighted by Crippen LogP contribution is 2.24. The van der Waals surface area contributed by atoms with Crippen molar-refractivity contribution in [3.8, 4) is 0 Å². The van der Waals surface area contributed by atoms with Gasteiger partial charge >= 0.3 is 0 Å². The molecule has 0 aromatic heterocycles. The Kier molecular flexibility index (Phi) is 33.6. The van der Waals surface area contributed by atoms with Gasteiger partial charge in [-0.3, -0.25) is 0 Å². The molecule has 2 heteroatoms. The third-order valence-corrected chi connectivity index (χ3v) is 10.8. The molecule has 0 aliphatic carbocycles. The Bertz CT molecular complexity index is 565. The van der Waals surface area contributed by atoms with Crippen LogP contribution in [-0.2, 0) is 0 Å². The van der Waals surface area contributed by atoms with Gasteiger partial charge in [-0.2, -0.15) is 0 Å². The van der Waals surface area contributed by atoms with E-state index in [0.717, 1.165) is 0 Å². The molecule has 2 nitrogen and oxygen atoms in total. The van der Waals surface area contributed by atoms with E-state index in [1.165, 1.54) is 244 Å². The van der Waals surface area contributed by atoms with Gasteiger partial charge < -0.3 is 9.80 Å². The van der Waals surface area contributed by atoms with Crippen molar-refractivity contribution in [3.63, 3.8) is 0 Å². The SMILES string of the molecule is CCCCCCCCCCCCCCCC1N(CCCCCCCCCCCCC)C=CN1CCCCCCCCCCCCC. The molecular formula is C44H88N2. The zero-order chi connectivity index (χ0) is 33.0. The van der Waals surface area contributed by atoms with Crippen molar-refractivity contribution >= 4 is 0 Å². The van der Waals surface area contributed by atoms with Crippen LogP contribution >= 0.6 is 0 Å². The zero-order valence-electron chi connectivity index (χ0n) is 32.5. The van der Waals surface area contributed by atoms with E-state index in [0.29, 0.717) is 6.17 Å². The van der Waals surface area contributed by atoms with Crippen LogP contribution in [0.3, 0.4) is 0 Å². The first-order valence-corrected chi connectivity index (χ1v) is 22.0. The van der Waals surface area contributed by atoms with Gasteiger partial charge in [0.15, 0.2) is 0 Å². The van der Waals surface area contributed by atoms with Gasteiger partial charge in [-0.15, -0.1) is 0 Å². The normalized spacial score (nSPS) is 13.5. The Labute approximate surface area is 292 Å². The maximum Gasteiger partial charge on any atom is 0.101 e. The predicted molar refractivity (Wildman–Crippen MR) is 210 cm³/mol.